The minimum absolute atomic E-state index is 0.0309. The van der Waals surface area contributed by atoms with E-state index in [1.54, 1.807) is 0 Å². The number of urea groups is 1. The van der Waals surface area contributed by atoms with Crippen LogP contribution in [0.15, 0.2) is 121 Å². The number of amides is 2. The highest BCUT2D eigenvalue weighted by Crippen LogP contribution is 2.29. The van der Waals surface area contributed by atoms with Gasteiger partial charge in [0.05, 0.1) is 0 Å². The SMILES string of the molecule is O=C1N(COc2ccccc2)C(Oc2ccccc2)C(Oc2ccccc2)N1COc1ccccc1. The number of rotatable bonds is 10. The van der Waals surface area contributed by atoms with E-state index in [-0.39, 0.29) is 19.5 Å². The van der Waals surface area contributed by atoms with Crippen molar-refractivity contribution < 1.29 is 23.7 Å². The van der Waals surface area contributed by atoms with E-state index in [0.29, 0.717) is 23.0 Å². The van der Waals surface area contributed by atoms with E-state index < -0.39 is 12.5 Å². The van der Waals surface area contributed by atoms with Gasteiger partial charge in [-0.1, -0.05) is 72.8 Å². The molecule has 2 unspecified atom stereocenters. The van der Waals surface area contributed by atoms with E-state index in [0.717, 1.165) is 0 Å². The highest BCUT2D eigenvalue weighted by molar-refractivity contribution is 5.77. The zero-order valence-corrected chi connectivity index (χ0v) is 19.6. The van der Waals surface area contributed by atoms with Crippen molar-refractivity contribution >= 4 is 6.03 Å². The third kappa shape index (κ3) is 5.52. The molecule has 1 saturated heterocycles. The Labute approximate surface area is 210 Å². The van der Waals surface area contributed by atoms with Crippen molar-refractivity contribution in [2.75, 3.05) is 13.5 Å². The van der Waals surface area contributed by atoms with Crippen LogP contribution in [0, 0.1) is 0 Å². The van der Waals surface area contributed by atoms with Gasteiger partial charge in [-0.05, 0) is 48.5 Å². The molecule has 0 radical (unpaired) electrons. The van der Waals surface area contributed by atoms with E-state index in [2.05, 4.69) is 0 Å². The number of nitrogens with zero attached hydrogens (tertiary/aromatic N) is 2. The van der Waals surface area contributed by atoms with Crippen LogP contribution in [-0.4, -0.2) is 41.7 Å². The normalized spacial score (nSPS) is 17.1. The zero-order valence-electron chi connectivity index (χ0n) is 19.6. The molecule has 1 aliphatic heterocycles. The molecule has 0 spiro atoms. The number of ether oxygens (including phenoxy) is 4. The van der Waals surface area contributed by atoms with Crippen molar-refractivity contribution in [1.82, 2.24) is 9.80 Å². The van der Waals surface area contributed by atoms with Crippen LogP contribution in [0.1, 0.15) is 0 Å². The smallest absolute Gasteiger partial charge is 0.331 e. The van der Waals surface area contributed by atoms with Gasteiger partial charge in [-0.3, -0.25) is 0 Å². The number of carbonyl (C=O) groups is 1. The summed E-state index contributed by atoms with van der Waals surface area (Å²) < 4.78 is 24.5. The van der Waals surface area contributed by atoms with Crippen LogP contribution in [0.25, 0.3) is 0 Å². The maximum Gasteiger partial charge on any atom is 0.331 e. The Morgan fingerprint density at radius 3 is 1.11 bits per heavy atom. The topological polar surface area (TPSA) is 60.5 Å². The second kappa shape index (κ2) is 11.2. The molecule has 36 heavy (non-hydrogen) atoms. The van der Waals surface area contributed by atoms with Crippen molar-refractivity contribution in [3.63, 3.8) is 0 Å². The first-order chi connectivity index (χ1) is 17.8. The molecular weight excluding hydrogens is 456 g/mol. The van der Waals surface area contributed by atoms with Crippen molar-refractivity contribution in [1.29, 1.82) is 0 Å². The Morgan fingerprint density at radius 1 is 0.472 bits per heavy atom. The number of para-hydroxylation sites is 4. The Kier molecular flexibility index (Phi) is 7.18. The van der Waals surface area contributed by atoms with Gasteiger partial charge in [-0.25, -0.2) is 14.6 Å². The molecule has 0 saturated carbocycles. The Morgan fingerprint density at radius 2 is 0.778 bits per heavy atom. The molecule has 0 bridgehead atoms. The van der Waals surface area contributed by atoms with E-state index in [1.807, 2.05) is 121 Å². The summed E-state index contributed by atoms with van der Waals surface area (Å²) >= 11 is 0. The van der Waals surface area contributed by atoms with Gasteiger partial charge in [-0.15, -0.1) is 0 Å². The molecule has 0 N–H and O–H groups in total. The predicted molar refractivity (Wildman–Crippen MR) is 135 cm³/mol. The summed E-state index contributed by atoms with van der Waals surface area (Å²) in [5.74, 6) is 2.49. The standard InChI is InChI=1S/C29H26N2O5/c32-29-30(21-33-23-13-5-1-6-14-23)27(35-25-17-9-3-10-18-25)28(36-26-19-11-4-12-20-26)31(29)22-34-24-15-7-2-8-16-24/h1-20,27-28H,21-22H2. The highest BCUT2D eigenvalue weighted by Gasteiger charge is 2.50. The lowest BCUT2D eigenvalue weighted by Crippen LogP contribution is -2.46. The number of hydrogen-bond donors (Lipinski definition) is 0. The predicted octanol–water partition coefficient (Wildman–Crippen LogP) is 5.61. The molecule has 1 fully saturated rings. The average molecular weight is 483 g/mol. The Hall–Kier alpha value is -4.65. The summed E-state index contributed by atoms with van der Waals surface area (Å²) in [4.78, 5) is 16.7. The molecule has 1 aliphatic rings. The van der Waals surface area contributed by atoms with Gasteiger partial charge in [0.25, 0.3) is 0 Å². The molecule has 2 atom stereocenters. The quantitative estimate of drug-likeness (QED) is 0.294. The summed E-state index contributed by atoms with van der Waals surface area (Å²) in [6, 6.07) is 37.0. The lowest BCUT2D eigenvalue weighted by atomic mass is 10.3. The van der Waals surface area contributed by atoms with Gasteiger partial charge in [0.2, 0.25) is 12.5 Å². The van der Waals surface area contributed by atoms with Crippen LogP contribution in [0.4, 0.5) is 4.79 Å². The van der Waals surface area contributed by atoms with Gasteiger partial charge in [0.1, 0.15) is 23.0 Å². The van der Waals surface area contributed by atoms with E-state index >= 15 is 0 Å². The molecule has 5 rings (SSSR count). The van der Waals surface area contributed by atoms with Crippen molar-refractivity contribution in [3.8, 4) is 23.0 Å². The molecule has 4 aromatic carbocycles. The number of benzene rings is 4. The summed E-state index contributed by atoms with van der Waals surface area (Å²) in [5.41, 5.74) is 0. The van der Waals surface area contributed by atoms with Gasteiger partial charge in [-0.2, -0.15) is 0 Å². The lowest BCUT2D eigenvalue weighted by molar-refractivity contribution is -0.0606. The maximum atomic E-state index is 13.7. The molecule has 7 heteroatoms. The molecule has 4 aromatic rings. The third-order valence-electron chi connectivity index (χ3n) is 5.58. The fraction of sp³-hybridized carbons (Fsp3) is 0.138. The zero-order chi connectivity index (χ0) is 24.6. The molecule has 7 nitrogen and oxygen atoms in total. The van der Waals surface area contributed by atoms with Crippen molar-refractivity contribution in [2.24, 2.45) is 0 Å². The monoisotopic (exact) mass is 482 g/mol. The molecule has 2 amide bonds. The molecule has 0 aromatic heterocycles. The van der Waals surface area contributed by atoms with Gasteiger partial charge in [0, 0.05) is 0 Å². The van der Waals surface area contributed by atoms with Crippen molar-refractivity contribution in [3.05, 3.63) is 121 Å². The molecule has 1 heterocycles. The summed E-state index contributed by atoms with van der Waals surface area (Å²) in [6.07, 6.45) is -1.61. The maximum absolute atomic E-state index is 13.7. The first-order valence-electron chi connectivity index (χ1n) is 11.6. The van der Waals surface area contributed by atoms with Crippen LogP contribution in [-0.2, 0) is 0 Å². The third-order valence-corrected chi connectivity index (χ3v) is 5.58. The lowest BCUT2D eigenvalue weighted by Gasteiger charge is -2.28. The van der Waals surface area contributed by atoms with Gasteiger partial charge >= 0.3 is 6.03 Å². The summed E-state index contributed by atoms with van der Waals surface area (Å²) in [5, 5.41) is 0. The van der Waals surface area contributed by atoms with Crippen LogP contribution in [0.3, 0.4) is 0 Å². The molecule has 182 valence electrons. The van der Waals surface area contributed by atoms with Gasteiger partial charge < -0.3 is 18.9 Å². The number of hydrogen-bond acceptors (Lipinski definition) is 5. The second-order valence-corrected chi connectivity index (χ2v) is 8.04. The van der Waals surface area contributed by atoms with E-state index in [9.17, 15) is 4.79 Å². The first kappa shape index (κ1) is 23.1. The molecule has 0 aliphatic carbocycles. The van der Waals surface area contributed by atoms with Crippen molar-refractivity contribution in [2.45, 2.75) is 12.5 Å². The largest absolute Gasteiger partial charge is 0.473 e. The second-order valence-electron chi connectivity index (χ2n) is 8.04. The Bertz CT molecular complexity index is 1130. The van der Waals surface area contributed by atoms with Crippen LogP contribution in [0.5, 0.6) is 23.0 Å². The fourth-order valence-electron chi connectivity index (χ4n) is 3.79. The highest BCUT2D eigenvalue weighted by atomic mass is 16.6. The van der Waals surface area contributed by atoms with Crippen LogP contribution in [0.2, 0.25) is 0 Å². The van der Waals surface area contributed by atoms with Gasteiger partial charge in [0.15, 0.2) is 13.5 Å². The minimum atomic E-state index is -0.803. The average Bonchev–Trinajstić information content (AvgIpc) is 3.17. The van der Waals surface area contributed by atoms with Crippen LogP contribution < -0.4 is 18.9 Å². The van der Waals surface area contributed by atoms with Crippen LogP contribution >= 0.6 is 0 Å². The number of carbonyl (C=O) groups excluding carboxylic acids is 1. The first-order valence-corrected chi connectivity index (χ1v) is 11.6. The van der Waals surface area contributed by atoms with E-state index in [4.69, 9.17) is 18.9 Å². The summed E-state index contributed by atoms with van der Waals surface area (Å²) in [6.45, 7) is -0.0618. The molecular formula is C29H26N2O5. The minimum Gasteiger partial charge on any atom is -0.473 e. The fourth-order valence-corrected chi connectivity index (χ4v) is 3.79. The summed E-state index contributed by atoms with van der Waals surface area (Å²) in [7, 11) is 0. The Balaban J connectivity index is 1.44. The van der Waals surface area contributed by atoms with E-state index in [1.165, 1.54) is 9.80 Å².